The number of para-hydroxylation sites is 1. The second-order valence-electron chi connectivity index (χ2n) is 5.34. The van der Waals surface area contributed by atoms with Gasteiger partial charge in [0.1, 0.15) is 0 Å². The van der Waals surface area contributed by atoms with Gasteiger partial charge in [0.2, 0.25) is 0 Å². The molecule has 2 heterocycles. The summed E-state index contributed by atoms with van der Waals surface area (Å²) in [4.78, 5) is 8.98. The van der Waals surface area contributed by atoms with E-state index in [-0.39, 0.29) is 0 Å². The van der Waals surface area contributed by atoms with Crippen LogP contribution in [0.3, 0.4) is 0 Å². The first-order chi connectivity index (χ1) is 11.8. The molecule has 0 aliphatic heterocycles. The average Bonchev–Trinajstić information content (AvgIpc) is 2.63. The Morgan fingerprint density at radius 1 is 0.792 bits per heavy atom. The highest BCUT2D eigenvalue weighted by Gasteiger charge is 2.09. The van der Waals surface area contributed by atoms with E-state index < -0.39 is 0 Å². The van der Waals surface area contributed by atoms with E-state index in [0.717, 1.165) is 33.2 Å². The molecule has 0 spiro atoms. The van der Waals surface area contributed by atoms with Gasteiger partial charge in [-0.25, -0.2) is 0 Å². The Bertz CT molecular complexity index is 1030. The van der Waals surface area contributed by atoms with Crippen molar-refractivity contribution in [3.8, 4) is 0 Å². The fourth-order valence-electron chi connectivity index (χ4n) is 2.70. The van der Waals surface area contributed by atoms with Crippen LogP contribution in [0, 0.1) is 0 Å². The number of fused-ring (bicyclic) bond motifs is 3. The minimum absolute atomic E-state index is 0.524. The number of hydrogen-bond acceptors (Lipinski definition) is 3. The zero-order valence-corrected chi connectivity index (χ0v) is 13.5. The summed E-state index contributed by atoms with van der Waals surface area (Å²) in [5.74, 6) is 0. The van der Waals surface area contributed by atoms with Crippen LogP contribution in [-0.4, -0.2) is 15.1 Å². The number of rotatable bonds is 2. The van der Waals surface area contributed by atoms with Crippen molar-refractivity contribution in [2.24, 2.45) is 0 Å². The summed E-state index contributed by atoms with van der Waals surface area (Å²) in [6, 6.07) is 19.8. The van der Waals surface area contributed by atoms with Gasteiger partial charge in [0.25, 0.3) is 0 Å². The predicted octanol–water partition coefficient (Wildman–Crippen LogP) is 4.59. The number of nitrogens with one attached hydrogen (secondary N) is 2. The molecule has 4 nitrogen and oxygen atoms in total. The molecule has 0 amide bonds. The van der Waals surface area contributed by atoms with Crippen LogP contribution in [0.25, 0.3) is 21.8 Å². The highest BCUT2D eigenvalue weighted by Crippen LogP contribution is 2.29. The summed E-state index contributed by atoms with van der Waals surface area (Å²) < 4.78 is 0. The van der Waals surface area contributed by atoms with Gasteiger partial charge in [-0.1, -0.05) is 24.3 Å². The van der Waals surface area contributed by atoms with Crippen molar-refractivity contribution in [3.05, 3.63) is 73.1 Å². The first-order valence-electron chi connectivity index (χ1n) is 7.57. The maximum atomic E-state index is 5.44. The van der Waals surface area contributed by atoms with Crippen molar-refractivity contribution in [1.29, 1.82) is 0 Å². The summed E-state index contributed by atoms with van der Waals surface area (Å²) >= 11 is 5.44. The molecule has 0 fully saturated rings. The molecule has 0 aliphatic carbocycles. The van der Waals surface area contributed by atoms with Gasteiger partial charge in [-0.3, -0.25) is 9.97 Å². The second-order valence-corrected chi connectivity index (χ2v) is 5.75. The molecular formula is C19H14N4S. The fourth-order valence-corrected chi connectivity index (χ4v) is 2.92. The van der Waals surface area contributed by atoms with Gasteiger partial charge < -0.3 is 10.6 Å². The number of anilines is 2. The quantitative estimate of drug-likeness (QED) is 0.416. The first-order valence-corrected chi connectivity index (χ1v) is 7.97. The second kappa shape index (κ2) is 6.22. The Labute approximate surface area is 144 Å². The summed E-state index contributed by atoms with van der Waals surface area (Å²) in [5.41, 5.74) is 3.59. The third-order valence-corrected chi connectivity index (χ3v) is 3.94. The first kappa shape index (κ1) is 14.5. The number of thiocarbonyl (C=S) groups is 1. The van der Waals surface area contributed by atoms with Gasteiger partial charge in [0.05, 0.1) is 16.7 Å². The standard InChI is InChI=1S/C19H14N4S/c24-19(22-14-7-2-1-3-8-14)23-16-12-13-6-4-10-20-17(13)15-9-5-11-21-18(15)16/h1-12H,(H2,22,23,24). The predicted molar refractivity (Wildman–Crippen MR) is 103 cm³/mol. The molecule has 0 atom stereocenters. The van der Waals surface area contributed by atoms with E-state index in [2.05, 4.69) is 20.6 Å². The number of benzene rings is 2. The molecule has 0 radical (unpaired) electrons. The van der Waals surface area contributed by atoms with Crippen LogP contribution >= 0.6 is 12.2 Å². The molecule has 4 rings (SSSR count). The molecule has 2 aromatic carbocycles. The van der Waals surface area contributed by atoms with E-state index in [4.69, 9.17) is 12.2 Å². The lowest BCUT2D eigenvalue weighted by Crippen LogP contribution is -2.19. The Morgan fingerprint density at radius 3 is 2.38 bits per heavy atom. The van der Waals surface area contributed by atoms with Crippen LogP contribution < -0.4 is 10.6 Å². The topological polar surface area (TPSA) is 49.8 Å². The van der Waals surface area contributed by atoms with Crippen LogP contribution in [-0.2, 0) is 0 Å². The molecule has 0 saturated carbocycles. The molecule has 24 heavy (non-hydrogen) atoms. The average molecular weight is 330 g/mol. The van der Waals surface area contributed by atoms with Crippen LogP contribution in [0.1, 0.15) is 0 Å². The Balaban J connectivity index is 1.74. The van der Waals surface area contributed by atoms with E-state index in [1.165, 1.54) is 0 Å². The zero-order chi connectivity index (χ0) is 16.4. The summed E-state index contributed by atoms with van der Waals surface area (Å²) in [5, 5.41) is 9.01. The van der Waals surface area contributed by atoms with Gasteiger partial charge in [-0.15, -0.1) is 0 Å². The number of pyridine rings is 2. The third kappa shape index (κ3) is 2.77. The Kier molecular flexibility index (Phi) is 3.76. The van der Waals surface area contributed by atoms with E-state index in [1.54, 1.807) is 12.4 Å². The van der Waals surface area contributed by atoms with Crippen LogP contribution in [0.2, 0.25) is 0 Å². The minimum atomic E-state index is 0.524. The molecular weight excluding hydrogens is 316 g/mol. The van der Waals surface area contributed by atoms with Crippen molar-refractivity contribution in [2.75, 3.05) is 10.6 Å². The van der Waals surface area contributed by atoms with Crippen molar-refractivity contribution >= 4 is 50.5 Å². The molecule has 2 N–H and O–H groups in total. The lowest BCUT2D eigenvalue weighted by atomic mass is 10.1. The SMILES string of the molecule is S=C(Nc1ccccc1)Nc1cc2cccnc2c2cccnc12. The van der Waals surface area contributed by atoms with Crippen molar-refractivity contribution in [2.45, 2.75) is 0 Å². The largest absolute Gasteiger partial charge is 0.332 e. The molecule has 0 aliphatic rings. The monoisotopic (exact) mass is 330 g/mol. The van der Waals surface area contributed by atoms with Gasteiger partial charge in [0.15, 0.2) is 5.11 Å². The molecule has 0 unspecified atom stereocenters. The lowest BCUT2D eigenvalue weighted by molar-refractivity contribution is 1.39. The molecule has 4 aromatic rings. The molecule has 116 valence electrons. The van der Waals surface area contributed by atoms with Crippen LogP contribution in [0.4, 0.5) is 11.4 Å². The third-order valence-electron chi connectivity index (χ3n) is 3.74. The van der Waals surface area contributed by atoms with Gasteiger partial charge >= 0.3 is 0 Å². The smallest absolute Gasteiger partial charge is 0.175 e. The molecule has 5 heteroatoms. The molecule has 0 saturated heterocycles. The Hall–Kier alpha value is -3.05. The van der Waals surface area contributed by atoms with Gasteiger partial charge in [-0.05, 0) is 48.6 Å². The van der Waals surface area contributed by atoms with Crippen LogP contribution in [0.15, 0.2) is 73.1 Å². The van der Waals surface area contributed by atoms with Gasteiger partial charge in [-0.2, -0.15) is 0 Å². The molecule has 2 aromatic heterocycles. The highest BCUT2D eigenvalue weighted by molar-refractivity contribution is 7.80. The van der Waals surface area contributed by atoms with Crippen molar-refractivity contribution in [3.63, 3.8) is 0 Å². The highest BCUT2D eigenvalue weighted by atomic mass is 32.1. The van der Waals surface area contributed by atoms with Crippen molar-refractivity contribution < 1.29 is 0 Å². The normalized spacial score (nSPS) is 10.7. The van der Waals surface area contributed by atoms with E-state index in [0.29, 0.717) is 5.11 Å². The number of aromatic nitrogens is 2. The number of hydrogen-bond donors (Lipinski definition) is 2. The van der Waals surface area contributed by atoms with Crippen molar-refractivity contribution in [1.82, 2.24) is 9.97 Å². The zero-order valence-electron chi connectivity index (χ0n) is 12.7. The maximum absolute atomic E-state index is 5.44. The summed E-state index contributed by atoms with van der Waals surface area (Å²) in [7, 11) is 0. The van der Waals surface area contributed by atoms with Gasteiger partial charge in [0, 0.05) is 28.9 Å². The fraction of sp³-hybridized carbons (Fsp3) is 0. The lowest BCUT2D eigenvalue weighted by Gasteiger charge is -2.13. The molecule has 0 bridgehead atoms. The Morgan fingerprint density at radius 2 is 1.54 bits per heavy atom. The summed E-state index contributed by atoms with van der Waals surface area (Å²) in [6.07, 6.45) is 3.57. The van der Waals surface area contributed by atoms with E-state index in [9.17, 15) is 0 Å². The maximum Gasteiger partial charge on any atom is 0.175 e. The number of nitrogens with zero attached hydrogens (tertiary/aromatic N) is 2. The van der Waals surface area contributed by atoms with Crippen LogP contribution in [0.5, 0.6) is 0 Å². The van der Waals surface area contributed by atoms with E-state index in [1.807, 2.05) is 60.7 Å². The minimum Gasteiger partial charge on any atom is -0.332 e. The van der Waals surface area contributed by atoms with E-state index >= 15 is 0 Å². The summed E-state index contributed by atoms with van der Waals surface area (Å²) in [6.45, 7) is 0.